The standard InChI is InChI=1S/C12H15ClN4O/c1-8-10(12(18-3)17(2)16-8)7-15-9-4-5-14-11(13)6-9/h4-6H,7H2,1-3H3,(H,14,15). The van der Waals surface area contributed by atoms with Gasteiger partial charge in [0.15, 0.2) is 0 Å². The molecule has 0 radical (unpaired) electrons. The van der Waals surface area contributed by atoms with Crippen LogP contribution < -0.4 is 10.1 Å². The maximum atomic E-state index is 5.83. The van der Waals surface area contributed by atoms with Gasteiger partial charge in [0.2, 0.25) is 5.88 Å². The molecule has 0 aliphatic carbocycles. The van der Waals surface area contributed by atoms with E-state index in [9.17, 15) is 0 Å². The third-order valence-electron chi connectivity index (χ3n) is 2.68. The Morgan fingerprint density at radius 1 is 1.50 bits per heavy atom. The van der Waals surface area contributed by atoms with Crippen molar-refractivity contribution < 1.29 is 4.74 Å². The van der Waals surface area contributed by atoms with Crippen LogP contribution in [0.5, 0.6) is 5.88 Å². The van der Waals surface area contributed by atoms with Gasteiger partial charge in [0, 0.05) is 25.5 Å². The summed E-state index contributed by atoms with van der Waals surface area (Å²) in [5.41, 5.74) is 2.90. The second-order valence-electron chi connectivity index (χ2n) is 3.92. The first-order chi connectivity index (χ1) is 8.61. The Kier molecular flexibility index (Phi) is 3.72. The zero-order valence-electron chi connectivity index (χ0n) is 10.6. The summed E-state index contributed by atoms with van der Waals surface area (Å²) in [6.07, 6.45) is 1.66. The summed E-state index contributed by atoms with van der Waals surface area (Å²) in [4.78, 5) is 3.93. The first kappa shape index (κ1) is 12.7. The average Bonchev–Trinajstić information content (AvgIpc) is 2.60. The lowest BCUT2D eigenvalue weighted by Crippen LogP contribution is -2.03. The molecule has 2 aromatic rings. The molecule has 5 nitrogen and oxygen atoms in total. The second-order valence-corrected chi connectivity index (χ2v) is 4.30. The van der Waals surface area contributed by atoms with Crippen LogP contribution in [0.2, 0.25) is 5.15 Å². The lowest BCUT2D eigenvalue weighted by molar-refractivity contribution is 0.370. The number of ether oxygens (including phenoxy) is 1. The fourth-order valence-corrected chi connectivity index (χ4v) is 2.02. The minimum atomic E-state index is 0.467. The molecule has 0 bridgehead atoms. The van der Waals surface area contributed by atoms with Gasteiger partial charge in [-0.25, -0.2) is 9.67 Å². The lowest BCUT2D eigenvalue weighted by Gasteiger charge is -2.08. The van der Waals surface area contributed by atoms with Gasteiger partial charge in [-0.2, -0.15) is 5.10 Å². The first-order valence-electron chi connectivity index (χ1n) is 5.53. The van der Waals surface area contributed by atoms with E-state index in [4.69, 9.17) is 16.3 Å². The molecular weight excluding hydrogens is 252 g/mol. The quantitative estimate of drug-likeness (QED) is 0.864. The van der Waals surface area contributed by atoms with Crippen molar-refractivity contribution in [3.63, 3.8) is 0 Å². The number of nitrogens with one attached hydrogen (secondary N) is 1. The predicted molar refractivity (Wildman–Crippen MR) is 71.1 cm³/mol. The number of methoxy groups -OCH3 is 1. The van der Waals surface area contributed by atoms with Crippen molar-refractivity contribution in [3.8, 4) is 5.88 Å². The Labute approximate surface area is 111 Å². The highest BCUT2D eigenvalue weighted by Crippen LogP contribution is 2.22. The third-order valence-corrected chi connectivity index (χ3v) is 2.88. The number of halogens is 1. The SMILES string of the molecule is COc1c(CNc2ccnc(Cl)c2)c(C)nn1C. The zero-order valence-corrected chi connectivity index (χ0v) is 11.3. The van der Waals surface area contributed by atoms with E-state index >= 15 is 0 Å². The van der Waals surface area contributed by atoms with Crippen LogP contribution in [-0.4, -0.2) is 21.9 Å². The molecule has 0 spiro atoms. The molecule has 1 N–H and O–H groups in total. The highest BCUT2D eigenvalue weighted by Gasteiger charge is 2.13. The zero-order chi connectivity index (χ0) is 13.1. The fraction of sp³-hybridized carbons (Fsp3) is 0.333. The van der Waals surface area contributed by atoms with Crippen molar-refractivity contribution in [1.29, 1.82) is 0 Å². The van der Waals surface area contributed by atoms with E-state index in [0.29, 0.717) is 11.7 Å². The molecule has 0 saturated heterocycles. The van der Waals surface area contributed by atoms with Crippen molar-refractivity contribution in [2.75, 3.05) is 12.4 Å². The van der Waals surface area contributed by atoms with Crippen LogP contribution in [0.1, 0.15) is 11.3 Å². The van der Waals surface area contributed by atoms with E-state index in [2.05, 4.69) is 15.4 Å². The van der Waals surface area contributed by atoms with E-state index in [1.807, 2.05) is 20.0 Å². The molecule has 2 aromatic heterocycles. The Morgan fingerprint density at radius 2 is 2.28 bits per heavy atom. The van der Waals surface area contributed by atoms with Crippen molar-refractivity contribution in [2.45, 2.75) is 13.5 Å². The van der Waals surface area contributed by atoms with E-state index in [-0.39, 0.29) is 0 Å². The maximum absolute atomic E-state index is 5.83. The van der Waals surface area contributed by atoms with Gasteiger partial charge < -0.3 is 10.1 Å². The molecular formula is C12H15ClN4O. The van der Waals surface area contributed by atoms with Crippen LogP contribution >= 0.6 is 11.6 Å². The molecule has 0 amide bonds. The molecule has 2 rings (SSSR count). The number of anilines is 1. The van der Waals surface area contributed by atoms with Crippen LogP contribution in [-0.2, 0) is 13.6 Å². The molecule has 0 unspecified atom stereocenters. The number of pyridine rings is 1. The predicted octanol–water partition coefficient (Wildman–Crippen LogP) is 2.40. The number of aromatic nitrogens is 3. The number of aryl methyl sites for hydroxylation is 2. The Morgan fingerprint density at radius 3 is 2.94 bits per heavy atom. The van der Waals surface area contributed by atoms with Gasteiger partial charge in [-0.05, 0) is 19.1 Å². The Bertz CT molecular complexity index is 553. The second kappa shape index (κ2) is 5.27. The van der Waals surface area contributed by atoms with E-state index in [1.54, 1.807) is 24.1 Å². The smallest absolute Gasteiger partial charge is 0.216 e. The molecule has 96 valence electrons. The van der Waals surface area contributed by atoms with Gasteiger partial charge in [-0.1, -0.05) is 11.6 Å². The molecule has 0 fully saturated rings. The largest absolute Gasteiger partial charge is 0.481 e. The monoisotopic (exact) mass is 266 g/mol. The van der Waals surface area contributed by atoms with E-state index in [0.717, 1.165) is 22.8 Å². The number of nitrogens with zero attached hydrogens (tertiary/aromatic N) is 3. The number of rotatable bonds is 4. The molecule has 0 aliphatic rings. The van der Waals surface area contributed by atoms with Gasteiger partial charge >= 0.3 is 0 Å². The summed E-state index contributed by atoms with van der Waals surface area (Å²) < 4.78 is 7.06. The van der Waals surface area contributed by atoms with Crippen molar-refractivity contribution in [1.82, 2.24) is 14.8 Å². The van der Waals surface area contributed by atoms with Crippen LogP contribution in [0.25, 0.3) is 0 Å². The molecule has 0 aliphatic heterocycles. The van der Waals surface area contributed by atoms with Crippen LogP contribution in [0, 0.1) is 6.92 Å². The number of hydrogen-bond donors (Lipinski definition) is 1. The summed E-state index contributed by atoms with van der Waals surface area (Å²) >= 11 is 5.83. The summed E-state index contributed by atoms with van der Waals surface area (Å²) in [5.74, 6) is 0.764. The van der Waals surface area contributed by atoms with Gasteiger partial charge in [0.1, 0.15) is 5.15 Å². The van der Waals surface area contributed by atoms with Crippen LogP contribution in [0.15, 0.2) is 18.3 Å². The van der Waals surface area contributed by atoms with Gasteiger partial charge in [-0.15, -0.1) is 0 Å². The van der Waals surface area contributed by atoms with Gasteiger partial charge in [-0.3, -0.25) is 0 Å². The number of hydrogen-bond acceptors (Lipinski definition) is 4. The molecule has 0 atom stereocenters. The Balaban J connectivity index is 2.15. The Hall–Kier alpha value is -1.75. The van der Waals surface area contributed by atoms with Crippen molar-refractivity contribution in [3.05, 3.63) is 34.7 Å². The van der Waals surface area contributed by atoms with Crippen LogP contribution in [0.3, 0.4) is 0 Å². The van der Waals surface area contributed by atoms with E-state index in [1.165, 1.54) is 0 Å². The molecule has 2 heterocycles. The lowest BCUT2D eigenvalue weighted by atomic mass is 10.2. The molecule has 18 heavy (non-hydrogen) atoms. The molecule has 0 aromatic carbocycles. The summed E-state index contributed by atoms with van der Waals surface area (Å²) in [5, 5.41) is 8.07. The first-order valence-corrected chi connectivity index (χ1v) is 5.91. The normalized spacial score (nSPS) is 10.4. The third kappa shape index (κ3) is 2.56. The van der Waals surface area contributed by atoms with Gasteiger partial charge in [0.05, 0.1) is 18.4 Å². The minimum absolute atomic E-state index is 0.467. The summed E-state index contributed by atoms with van der Waals surface area (Å²) in [6, 6.07) is 3.64. The summed E-state index contributed by atoms with van der Waals surface area (Å²) in [7, 11) is 3.50. The molecule has 6 heteroatoms. The fourth-order valence-electron chi connectivity index (χ4n) is 1.84. The average molecular weight is 267 g/mol. The van der Waals surface area contributed by atoms with Gasteiger partial charge in [0.25, 0.3) is 0 Å². The summed E-state index contributed by atoms with van der Waals surface area (Å²) in [6.45, 7) is 2.59. The highest BCUT2D eigenvalue weighted by molar-refractivity contribution is 6.29. The van der Waals surface area contributed by atoms with Crippen molar-refractivity contribution in [2.24, 2.45) is 7.05 Å². The minimum Gasteiger partial charge on any atom is -0.481 e. The van der Waals surface area contributed by atoms with E-state index < -0.39 is 0 Å². The van der Waals surface area contributed by atoms with Crippen LogP contribution in [0.4, 0.5) is 5.69 Å². The topological polar surface area (TPSA) is 52.0 Å². The highest BCUT2D eigenvalue weighted by atomic mass is 35.5. The molecule has 0 saturated carbocycles. The van der Waals surface area contributed by atoms with Crippen molar-refractivity contribution >= 4 is 17.3 Å². The maximum Gasteiger partial charge on any atom is 0.216 e.